The van der Waals surface area contributed by atoms with Crippen LogP contribution in [-0.2, 0) is 0 Å². The SMILES string of the molecule is C/C(=C\C/C=C/CO)c1ccccc1. The average molecular weight is 188 g/mol. The normalized spacial score (nSPS) is 12.3. The first-order chi connectivity index (χ1) is 6.84. The van der Waals surface area contributed by atoms with E-state index in [9.17, 15) is 0 Å². The summed E-state index contributed by atoms with van der Waals surface area (Å²) in [5.41, 5.74) is 2.53. The number of allylic oxidation sites excluding steroid dienone is 3. The van der Waals surface area contributed by atoms with Crippen LogP contribution in [0.5, 0.6) is 0 Å². The van der Waals surface area contributed by atoms with Crippen LogP contribution in [0.25, 0.3) is 5.57 Å². The van der Waals surface area contributed by atoms with E-state index < -0.39 is 0 Å². The van der Waals surface area contributed by atoms with Gasteiger partial charge in [-0.2, -0.15) is 0 Å². The zero-order valence-corrected chi connectivity index (χ0v) is 8.48. The lowest BCUT2D eigenvalue weighted by molar-refractivity contribution is 0.342. The highest BCUT2D eigenvalue weighted by Crippen LogP contribution is 2.13. The quantitative estimate of drug-likeness (QED) is 0.720. The second-order valence-electron chi connectivity index (χ2n) is 3.14. The van der Waals surface area contributed by atoms with E-state index in [0.717, 1.165) is 6.42 Å². The van der Waals surface area contributed by atoms with Crippen molar-refractivity contribution < 1.29 is 5.11 Å². The molecule has 0 aliphatic heterocycles. The van der Waals surface area contributed by atoms with Crippen molar-refractivity contribution in [2.24, 2.45) is 0 Å². The maximum absolute atomic E-state index is 8.54. The lowest BCUT2D eigenvalue weighted by Crippen LogP contribution is -1.77. The van der Waals surface area contributed by atoms with Crippen LogP contribution in [-0.4, -0.2) is 11.7 Å². The van der Waals surface area contributed by atoms with E-state index in [0.29, 0.717) is 0 Å². The Labute approximate surface area is 85.4 Å². The fourth-order valence-electron chi connectivity index (χ4n) is 1.23. The van der Waals surface area contributed by atoms with Crippen molar-refractivity contribution in [3.63, 3.8) is 0 Å². The maximum Gasteiger partial charge on any atom is 0.0612 e. The predicted octanol–water partition coefficient (Wildman–Crippen LogP) is 3.03. The number of hydrogen-bond donors (Lipinski definition) is 1. The van der Waals surface area contributed by atoms with E-state index in [1.807, 2.05) is 24.3 Å². The van der Waals surface area contributed by atoms with Crippen LogP contribution in [0.4, 0.5) is 0 Å². The molecule has 1 N–H and O–H groups in total. The molecule has 1 heteroatoms. The Morgan fingerprint density at radius 2 is 1.93 bits per heavy atom. The van der Waals surface area contributed by atoms with Crippen molar-refractivity contribution in [1.82, 2.24) is 0 Å². The molecule has 0 bridgehead atoms. The second kappa shape index (κ2) is 6.17. The summed E-state index contributed by atoms with van der Waals surface area (Å²) in [6.45, 7) is 2.22. The monoisotopic (exact) mass is 188 g/mol. The first-order valence-electron chi connectivity index (χ1n) is 4.82. The van der Waals surface area contributed by atoms with Crippen molar-refractivity contribution in [3.05, 3.63) is 54.1 Å². The molecule has 1 nitrogen and oxygen atoms in total. The molecule has 0 radical (unpaired) electrons. The van der Waals surface area contributed by atoms with E-state index in [2.05, 4.69) is 25.1 Å². The molecule has 0 saturated heterocycles. The Bertz CT molecular complexity index is 309. The number of aliphatic hydroxyl groups is 1. The largest absolute Gasteiger partial charge is 0.392 e. The molecule has 1 aromatic rings. The Hall–Kier alpha value is -1.34. The molecular formula is C13H16O. The zero-order chi connectivity index (χ0) is 10.2. The molecule has 0 atom stereocenters. The van der Waals surface area contributed by atoms with Crippen molar-refractivity contribution >= 4 is 5.57 Å². The van der Waals surface area contributed by atoms with Crippen LogP contribution < -0.4 is 0 Å². The van der Waals surface area contributed by atoms with Crippen molar-refractivity contribution in [2.75, 3.05) is 6.61 Å². The maximum atomic E-state index is 8.54. The topological polar surface area (TPSA) is 20.2 Å². The average Bonchev–Trinajstić information content (AvgIpc) is 2.25. The smallest absolute Gasteiger partial charge is 0.0612 e. The lowest BCUT2D eigenvalue weighted by atomic mass is 10.1. The first kappa shape index (κ1) is 10.7. The lowest BCUT2D eigenvalue weighted by Gasteiger charge is -1.99. The van der Waals surface area contributed by atoms with Gasteiger partial charge in [0.2, 0.25) is 0 Å². The van der Waals surface area contributed by atoms with Crippen molar-refractivity contribution in [2.45, 2.75) is 13.3 Å². The summed E-state index contributed by atoms with van der Waals surface area (Å²) < 4.78 is 0. The van der Waals surface area contributed by atoms with Crippen LogP contribution in [0.1, 0.15) is 18.9 Å². The van der Waals surface area contributed by atoms with Gasteiger partial charge in [-0.05, 0) is 24.5 Å². The van der Waals surface area contributed by atoms with E-state index in [4.69, 9.17) is 5.11 Å². The molecule has 0 aliphatic rings. The van der Waals surface area contributed by atoms with Crippen LogP contribution in [0, 0.1) is 0 Å². The van der Waals surface area contributed by atoms with Gasteiger partial charge in [0.05, 0.1) is 6.61 Å². The minimum Gasteiger partial charge on any atom is -0.392 e. The number of hydrogen-bond acceptors (Lipinski definition) is 1. The minimum atomic E-state index is 0.123. The van der Waals surface area contributed by atoms with Gasteiger partial charge in [0.15, 0.2) is 0 Å². The van der Waals surface area contributed by atoms with Gasteiger partial charge in [0.1, 0.15) is 0 Å². The molecule has 1 rings (SSSR count). The fraction of sp³-hybridized carbons (Fsp3) is 0.231. The summed E-state index contributed by atoms with van der Waals surface area (Å²) >= 11 is 0. The molecule has 14 heavy (non-hydrogen) atoms. The molecule has 74 valence electrons. The second-order valence-corrected chi connectivity index (χ2v) is 3.14. The molecule has 0 aliphatic carbocycles. The highest BCUT2D eigenvalue weighted by Gasteiger charge is 1.90. The van der Waals surface area contributed by atoms with Gasteiger partial charge in [-0.15, -0.1) is 0 Å². The fourth-order valence-corrected chi connectivity index (χ4v) is 1.23. The van der Waals surface area contributed by atoms with Gasteiger partial charge < -0.3 is 5.11 Å². The highest BCUT2D eigenvalue weighted by atomic mass is 16.2. The first-order valence-corrected chi connectivity index (χ1v) is 4.82. The number of aliphatic hydroxyl groups excluding tert-OH is 1. The Kier molecular flexibility index (Phi) is 4.73. The van der Waals surface area contributed by atoms with E-state index in [-0.39, 0.29) is 6.61 Å². The molecular weight excluding hydrogens is 172 g/mol. The van der Waals surface area contributed by atoms with E-state index in [1.54, 1.807) is 6.08 Å². The Morgan fingerprint density at radius 1 is 1.21 bits per heavy atom. The van der Waals surface area contributed by atoms with Crippen LogP contribution in [0.3, 0.4) is 0 Å². The van der Waals surface area contributed by atoms with Gasteiger partial charge in [-0.3, -0.25) is 0 Å². The van der Waals surface area contributed by atoms with Crippen molar-refractivity contribution in [3.8, 4) is 0 Å². The predicted molar refractivity (Wildman–Crippen MR) is 60.9 cm³/mol. The van der Waals surface area contributed by atoms with Crippen LogP contribution in [0.15, 0.2) is 48.6 Å². The summed E-state index contributed by atoms with van der Waals surface area (Å²) in [5, 5.41) is 8.54. The summed E-state index contributed by atoms with van der Waals surface area (Å²) in [6.07, 6.45) is 6.75. The minimum absolute atomic E-state index is 0.123. The van der Waals surface area contributed by atoms with Gasteiger partial charge in [-0.25, -0.2) is 0 Å². The molecule has 1 aromatic carbocycles. The molecule has 0 spiro atoms. The van der Waals surface area contributed by atoms with Crippen LogP contribution >= 0.6 is 0 Å². The molecule has 0 unspecified atom stereocenters. The Balaban J connectivity index is 2.57. The number of benzene rings is 1. The van der Waals surface area contributed by atoms with Gasteiger partial charge in [-0.1, -0.05) is 48.6 Å². The summed E-state index contributed by atoms with van der Waals surface area (Å²) in [6, 6.07) is 10.3. The van der Waals surface area contributed by atoms with Crippen LogP contribution in [0.2, 0.25) is 0 Å². The highest BCUT2D eigenvalue weighted by molar-refractivity contribution is 5.63. The third-order valence-corrected chi connectivity index (χ3v) is 2.06. The molecule has 0 saturated carbocycles. The molecule has 0 fully saturated rings. The van der Waals surface area contributed by atoms with Gasteiger partial charge in [0.25, 0.3) is 0 Å². The van der Waals surface area contributed by atoms with E-state index >= 15 is 0 Å². The summed E-state index contributed by atoms with van der Waals surface area (Å²) in [7, 11) is 0. The van der Waals surface area contributed by atoms with Gasteiger partial charge in [0, 0.05) is 0 Å². The Morgan fingerprint density at radius 3 is 2.57 bits per heavy atom. The van der Waals surface area contributed by atoms with Gasteiger partial charge >= 0.3 is 0 Å². The standard InChI is InChI=1S/C13H16O/c1-12(8-4-3-7-11-14)13-9-5-2-6-10-13/h2-3,5-10,14H,4,11H2,1H3/b7-3+,12-8+. The molecule has 0 amide bonds. The third-order valence-electron chi connectivity index (χ3n) is 2.06. The van der Waals surface area contributed by atoms with Crippen molar-refractivity contribution in [1.29, 1.82) is 0 Å². The molecule has 0 heterocycles. The van der Waals surface area contributed by atoms with E-state index in [1.165, 1.54) is 11.1 Å². The summed E-state index contributed by atoms with van der Waals surface area (Å²) in [4.78, 5) is 0. The molecule has 0 aromatic heterocycles. The summed E-state index contributed by atoms with van der Waals surface area (Å²) in [5.74, 6) is 0. The zero-order valence-electron chi connectivity index (χ0n) is 8.48. The number of rotatable bonds is 4. The third kappa shape index (κ3) is 3.58.